The summed E-state index contributed by atoms with van der Waals surface area (Å²) in [5.41, 5.74) is 3.49. The lowest BCUT2D eigenvalue weighted by atomic mass is 10.1. The number of nitrogens with zero attached hydrogens (tertiary/aromatic N) is 1. The fraction of sp³-hybridized carbons (Fsp3) is 0.381. The molecule has 0 aliphatic carbocycles. The van der Waals surface area contributed by atoms with Crippen LogP contribution in [-0.2, 0) is 14.8 Å². The lowest BCUT2D eigenvalue weighted by Crippen LogP contribution is -2.48. The van der Waals surface area contributed by atoms with Crippen molar-refractivity contribution in [3.05, 3.63) is 59.2 Å². The summed E-state index contributed by atoms with van der Waals surface area (Å²) in [6.07, 6.45) is 1.11. The molecule has 0 aliphatic rings. The summed E-state index contributed by atoms with van der Waals surface area (Å²) in [6.45, 7) is 7.93. The minimum atomic E-state index is -3.63. The molecule has 2 aromatic rings. The molecule has 2 rings (SSSR count). The molecule has 0 aromatic heterocycles. The summed E-state index contributed by atoms with van der Waals surface area (Å²) in [4.78, 5) is 12.6. The zero-order valence-electron chi connectivity index (χ0n) is 17.0. The van der Waals surface area contributed by atoms with Crippen LogP contribution in [0.25, 0.3) is 0 Å². The predicted molar refractivity (Wildman–Crippen MR) is 112 cm³/mol. The number of hydrogen-bond donors (Lipinski definition) is 1. The fourth-order valence-electron chi connectivity index (χ4n) is 3.01. The largest absolute Gasteiger partial charge is 0.492 e. The van der Waals surface area contributed by atoms with Crippen molar-refractivity contribution in [2.75, 3.05) is 23.7 Å². The summed E-state index contributed by atoms with van der Waals surface area (Å²) in [5.74, 6) is 0.345. The molecular formula is C21H28N2O4S. The monoisotopic (exact) mass is 404 g/mol. The second-order valence-corrected chi connectivity index (χ2v) is 8.89. The molecule has 1 atom stereocenters. The highest BCUT2D eigenvalue weighted by atomic mass is 32.2. The van der Waals surface area contributed by atoms with E-state index in [9.17, 15) is 13.2 Å². The topological polar surface area (TPSA) is 75.7 Å². The van der Waals surface area contributed by atoms with E-state index in [0.29, 0.717) is 12.3 Å². The molecule has 28 heavy (non-hydrogen) atoms. The molecule has 0 fully saturated rings. The van der Waals surface area contributed by atoms with Gasteiger partial charge in [0.25, 0.3) is 0 Å². The van der Waals surface area contributed by atoms with E-state index in [-0.39, 0.29) is 12.5 Å². The number of nitrogens with one attached hydrogen (secondary N) is 1. The third-order valence-corrected chi connectivity index (χ3v) is 5.48. The van der Waals surface area contributed by atoms with Crippen LogP contribution < -0.4 is 14.4 Å². The van der Waals surface area contributed by atoms with E-state index in [1.165, 1.54) is 0 Å². The SMILES string of the molecule is Cc1ccc(OCCNC(=O)[C@H](C)N(c2cc(C)cc(C)c2)S(C)(=O)=O)cc1. The molecule has 0 heterocycles. The lowest BCUT2D eigenvalue weighted by Gasteiger charge is -2.28. The highest BCUT2D eigenvalue weighted by molar-refractivity contribution is 7.92. The van der Waals surface area contributed by atoms with Crippen LogP contribution in [0.15, 0.2) is 42.5 Å². The Balaban J connectivity index is 2.02. The standard InChI is InChI=1S/C21H28N2O4S/c1-15-6-8-20(9-7-15)27-11-10-22-21(24)18(4)23(28(5,25)26)19-13-16(2)12-17(3)14-19/h6-9,12-14,18H,10-11H2,1-5H3,(H,22,24)/t18-/m0/s1. The number of anilines is 1. The molecule has 7 heteroatoms. The molecule has 152 valence electrons. The molecule has 0 saturated heterocycles. The molecular weight excluding hydrogens is 376 g/mol. The van der Waals surface area contributed by atoms with E-state index in [1.807, 2.05) is 51.1 Å². The van der Waals surface area contributed by atoms with Crippen LogP contribution in [-0.4, -0.2) is 39.8 Å². The maximum Gasteiger partial charge on any atom is 0.243 e. The van der Waals surface area contributed by atoms with Gasteiger partial charge in [0.05, 0.1) is 18.5 Å². The first kappa shape index (κ1) is 21.8. The van der Waals surface area contributed by atoms with Crippen molar-refractivity contribution in [3.63, 3.8) is 0 Å². The second kappa shape index (κ2) is 9.10. The van der Waals surface area contributed by atoms with E-state index in [4.69, 9.17) is 4.74 Å². The summed E-state index contributed by atoms with van der Waals surface area (Å²) in [7, 11) is -3.63. The number of carbonyl (C=O) groups is 1. The van der Waals surface area contributed by atoms with Gasteiger partial charge >= 0.3 is 0 Å². The summed E-state index contributed by atoms with van der Waals surface area (Å²) in [6, 6.07) is 12.2. The van der Waals surface area contributed by atoms with Crippen molar-refractivity contribution in [3.8, 4) is 5.75 Å². The lowest BCUT2D eigenvalue weighted by molar-refractivity contribution is -0.121. The Bertz CT molecular complexity index is 904. The first-order chi connectivity index (χ1) is 13.1. The highest BCUT2D eigenvalue weighted by Crippen LogP contribution is 2.23. The Labute approximate surface area is 167 Å². The van der Waals surface area contributed by atoms with Gasteiger partial charge in [0.15, 0.2) is 0 Å². The third-order valence-electron chi connectivity index (χ3n) is 4.24. The van der Waals surface area contributed by atoms with E-state index < -0.39 is 16.1 Å². The number of hydrogen-bond acceptors (Lipinski definition) is 4. The van der Waals surface area contributed by atoms with Crippen molar-refractivity contribution >= 4 is 21.6 Å². The molecule has 1 amide bonds. The molecule has 0 bridgehead atoms. The van der Waals surface area contributed by atoms with Gasteiger partial charge in [0.1, 0.15) is 18.4 Å². The van der Waals surface area contributed by atoms with Crippen molar-refractivity contribution in [2.24, 2.45) is 0 Å². The van der Waals surface area contributed by atoms with Crippen LogP contribution in [0, 0.1) is 20.8 Å². The molecule has 0 aliphatic heterocycles. The van der Waals surface area contributed by atoms with Gasteiger partial charge in [-0.2, -0.15) is 0 Å². The van der Waals surface area contributed by atoms with Gasteiger partial charge in [0.2, 0.25) is 15.9 Å². The molecule has 1 N–H and O–H groups in total. The summed E-state index contributed by atoms with van der Waals surface area (Å²) < 4.78 is 31.5. The van der Waals surface area contributed by atoms with Crippen LogP contribution in [0.4, 0.5) is 5.69 Å². The van der Waals surface area contributed by atoms with Crippen LogP contribution >= 0.6 is 0 Å². The number of sulfonamides is 1. The molecule has 0 saturated carbocycles. The quantitative estimate of drug-likeness (QED) is 0.687. The van der Waals surface area contributed by atoms with Gasteiger partial charge < -0.3 is 10.1 Å². The van der Waals surface area contributed by atoms with E-state index in [1.54, 1.807) is 19.1 Å². The zero-order valence-corrected chi connectivity index (χ0v) is 17.8. The summed E-state index contributed by atoms with van der Waals surface area (Å²) in [5, 5.41) is 2.75. The van der Waals surface area contributed by atoms with Crippen LogP contribution in [0.5, 0.6) is 5.75 Å². The van der Waals surface area contributed by atoms with Gasteiger partial charge in [-0.15, -0.1) is 0 Å². The number of ether oxygens (including phenoxy) is 1. The number of benzene rings is 2. The smallest absolute Gasteiger partial charge is 0.243 e. The zero-order chi connectivity index (χ0) is 20.9. The first-order valence-corrected chi connectivity index (χ1v) is 11.0. The predicted octanol–water partition coefficient (Wildman–Crippen LogP) is 2.96. The molecule has 0 spiro atoms. The van der Waals surface area contributed by atoms with Crippen molar-refractivity contribution < 1.29 is 17.9 Å². The Hall–Kier alpha value is -2.54. The normalized spacial score (nSPS) is 12.3. The van der Waals surface area contributed by atoms with Crippen molar-refractivity contribution in [1.29, 1.82) is 0 Å². The van der Waals surface area contributed by atoms with Gasteiger partial charge in [-0.1, -0.05) is 23.8 Å². The average Bonchev–Trinajstić information content (AvgIpc) is 2.58. The van der Waals surface area contributed by atoms with Gasteiger partial charge in [-0.3, -0.25) is 9.10 Å². The number of amides is 1. The highest BCUT2D eigenvalue weighted by Gasteiger charge is 2.29. The number of aryl methyl sites for hydroxylation is 3. The molecule has 6 nitrogen and oxygen atoms in total. The van der Waals surface area contributed by atoms with Crippen molar-refractivity contribution in [1.82, 2.24) is 5.32 Å². The third kappa shape index (κ3) is 5.99. The van der Waals surface area contributed by atoms with Crippen LogP contribution in [0.2, 0.25) is 0 Å². The van der Waals surface area contributed by atoms with Gasteiger partial charge in [-0.05, 0) is 63.1 Å². The van der Waals surface area contributed by atoms with E-state index >= 15 is 0 Å². The fourth-order valence-corrected chi connectivity index (χ4v) is 4.17. The number of carbonyl (C=O) groups excluding carboxylic acids is 1. The Morgan fingerprint density at radius 1 is 1.04 bits per heavy atom. The molecule has 2 aromatic carbocycles. The van der Waals surface area contributed by atoms with Gasteiger partial charge in [-0.25, -0.2) is 8.42 Å². The second-order valence-electron chi connectivity index (χ2n) is 7.03. The van der Waals surface area contributed by atoms with Crippen LogP contribution in [0.3, 0.4) is 0 Å². The first-order valence-electron chi connectivity index (χ1n) is 9.13. The molecule has 0 radical (unpaired) electrons. The van der Waals surface area contributed by atoms with Crippen LogP contribution in [0.1, 0.15) is 23.6 Å². The average molecular weight is 405 g/mol. The van der Waals surface area contributed by atoms with E-state index in [0.717, 1.165) is 33.0 Å². The van der Waals surface area contributed by atoms with Crippen molar-refractivity contribution in [2.45, 2.75) is 33.7 Å². The summed E-state index contributed by atoms with van der Waals surface area (Å²) >= 11 is 0. The van der Waals surface area contributed by atoms with Gasteiger partial charge in [0, 0.05) is 0 Å². The molecule has 0 unspecified atom stereocenters. The Kier molecular flexibility index (Phi) is 7.07. The Morgan fingerprint density at radius 2 is 1.61 bits per heavy atom. The Morgan fingerprint density at radius 3 is 2.14 bits per heavy atom. The minimum absolute atomic E-state index is 0.279. The number of rotatable bonds is 8. The maximum atomic E-state index is 12.6. The van der Waals surface area contributed by atoms with E-state index in [2.05, 4.69) is 5.32 Å². The minimum Gasteiger partial charge on any atom is -0.492 e. The maximum absolute atomic E-state index is 12.6.